The molecule has 1 N–H and O–H groups in total. The molecule has 1 fully saturated rings. The third-order valence-electron chi connectivity index (χ3n) is 3.31. The maximum atomic E-state index is 9.89. The molecule has 0 amide bonds. The van der Waals surface area contributed by atoms with E-state index in [0.29, 0.717) is 0 Å². The molecule has 2 heteroatoms. The van der Waals surface area contributed by atoms with E-state index in [1.807, 2.05) is 13.8 Å². The van der Waals surface area contributed by atoms with Crippen molar-refractivity contribution in [2.75, 3.05) is 11.5 Å². The average Bonchev–Trinajstić information content (AvgIpc) is 2.29. The van der Waals surface area contributed by atoms with Gasteiger partial charge in [-0.1, -0.05) is 24.3 Å². The van der Waals surface area contributed by atoms with Crippen molar-refractivity contribution in [1.29, 1.82) is 0 Å². The van der Waals surface area contributed by atoms with Gasteiger partial charge in [-0.05, 0) is 55.2 Å². The van der Waals surface area contributed by atoms with Gasteiger partial charge < -0.3 is 5.11 Å². The van der Waals surface area contributed by atoms with Gasteiger partial charge in [-0.25, -0.2) is 0 Å². The van der Waals surface area contributed by atoms with Crippen molar-refractivity contribution in [2.24, 2.45) is 0 Å². The average molecular weight is 236 g/mol. The Labute approximate surface area is 102 Å². The smallest absolute Gasteiger partial charge is 0.0840 e. The number of rotatable bonds is 2. The molecule has 0 bridgehead atoms. The van der Waals surface area contributed by atoms with Crippen LogP contribution in [0.25, 0.3) is 0 Å². The second kappa shape index (κ2) is 4.80. The summed E-state index contributed by atoms with van der Waals surface area (Å²) in [5, 5.41) is 9.89. The Morgan fingerprint density at radius 1 is 1.12 bits per heavy atom. The molecular weight excluding hydrogens is 216 g/mol. The number of thioether (sulfide) groups is 1. The van der Waals surface area contributed by atoms with Crippen molar-refractivity contribution < 1.29 is 5.11 Å². The van der Waals surface area contributed by atoms with Gasteiger partial charge in [0.25, 0.3) is 0 Å². The van der Waals surface area contributed by atoms with Crippen molar-refractivity contribution in [2.45, 2.75) is 38.2 Å². The standard InChI is InChI=1S/C14H20OS/c1-14(2,15)13-5-3-11(4-6-13)12-7-9-16-10-8-12/h3-6,12,15H,7-10H2,1-2H3. The van der Waals surface area contributed by atoms with Gasteiger partial charge in [0.1, 0.15) is 0 Å². The first kappa shape index (κ1) is 12.0. The van der Waals surface area contributed by atoms with Crippen molar-refractivity contribution in [1.82, 2.24) is 0 Å². The first-order valence-electron chi connectivity index (χ1n) is 5.98. The van der Waals surface area contributed by atoms with E-state index in [0.717, 1.165) is 11.5 Å². The fourth-order valence-electron chi connectivity index (χ4n) is 2.19. The highest BCUT2D eigenvalue weighted by molar-refractivity contribution is 7.99. The molecule has 1 aliphatic rings. The van der Waals surface area contributed by atoms with E-state index >= 15 is 0 Å². The second-order valence-electron chi connectivity index (χ2n) is 5.07. The Morgan fingerprint density at radius 3 is 2.19 bits per heavy atom. The molecule has 0 aromatic heterocycles. The summed E-state index contributed by atoms with van der Waals surface area (Å²) in [6, 6.07) is 8.51. The summed E-state index contributed by atoms with van der Waals surface area (Å²) in [5.74, 6) is 3.31. The molecule has 0 spiro atoms. The summed E-state index contributed by atoms with van der Waals surface area (Å²) in [4.78, 5) is 0. The summed E-state index contributed by atoms with van der Waals surface area (Å²) in [7, 11) is 0. The Morgan fingerprint density at radius 2 is 1.69 bits per heavy atom. The van der Waals surface area contributed by atoms with Gasteiger partial charge in [0, 0.05) is 0 Å². The summed E-state index contributed by atoms with van der Waals surface area (Å²) in [6.07, 6.45) is 2.60. The highest BCUT2D eigenvalue weighted by Gasteiger charge is 2.18. The van der Waals surface area contributed by atoms with Gasteiger partial charge in [-0.15, -0.1) is 0 Å². The van der Waals surface area contributed by atoms with E-state index < -0.39 is 5.60 Å². The minimum Gasteiger partial charge on any atom is -0.386 e. The fraction of sp³-hybridized carbons (Fsp3) is 0.571. The van der Waals surface area contributed by atoms with Crippen LogP contribution in [0.3, 0.4) is 0 Å². The van der Waals surface area contributed by atoms with Crippen LogP contribution in [0.4, 0.5) is 0 Å². The van der Waals surface area contributed by atoms with Crippen LogP contribution in [0.15, 0.2) is 24.3 Å². The van der Waals surface area contributed by atoms with Gasteiger partial charge in [0.05, 0.1) is 5.60 Å². The zero-order valence-electron chi connectivity index (χ0n) is 10.1. The van der Waals surface area contributed by atoms with Crippen LogP contribution in [0.5, 0.6) is 0 Å². The monoisotopic (exact) mass is 236 g/mol. The largest absolute Gasteiger partial charge is 0.386 e. The molecule has 1 nitrogen and oxygen atoms in total. The number of hydrogen-bond donors (Lipinski definition) is 1. The lowest BCUT2D eigenvalue weighted by atomic mass is 9.90. The number of aliphatic hydroxyl groups is 1. The maximum Gasteiger partial charge on any atom is 0.0840 e. The molecule has 0 saturated carbocycles. The van der Waals surface area contributed by atoms with Gasteiger partial charge in [-0.3, -0.25) is 0 Å². The van der Waals surface area contributed by atoms with Crippen molar-refractivity contribution >= 4 is 11.8 Å². The van der Waals surface area contributed by atoms with Gasteiger partial charge in [0.15, 0.2) is 0 Å². The van der Waals surface area contributed by atoms with Crippen LogP contribution in [0, 0.1) is 0 Å². The van der Waals surface area contributed by atoms with E-state index in [1.54, 1.807) is 0 Å². The lowest BCUT2D eigenvalue weighted by Crippen LogP contribution is -2.15. The van der Waals surface area contributed by atoms with Crippen LogP contribution in [-0.2, 0) is 5.60 Å². The van der Waals surface area contributed by atoms with Crippen LogP contribution in [-0.4, -0.2) is 16.6 Å². The summed E-state index contributed by atoms with van der Waals surface area (Å²) in [6.45, 7) is 3.67. The van der Waals surface area contributed by atoms with E-state index in [2.05, 4.69) is 36.0 Å². The first-order valence-corrected chi connectivity index (χ1v) is 7.13. The third-order valence-corrected chi connectivity index (χ3v) is 4.36. The predicted molar refractivity (Wildman–Crippen MR) is 71.0 cm³/mol. The third kappa shape index (κ3) is 2.80. The van der Waals surface area contributed by atoms with Crippen LogP contribution in [0.1, 0.15) is 43.7 Å². The van der Waals surface area contributed by atoms with Crippen molar-refractivity contribution in [3.05, 3.63) is 35.4 Å². The quantitative estimate of drug-likeness (QED) is 0.847. The van der Waals surface area contributed by atoms with E-state index in [1.165, 1.54) is 29.9 Å². The van der Waals surface area contributed by atoms with Crippen molar-refractivity contribution in [3.8, 4) is 0 Å². The summed E-state index contributed by atoms with van der Waals surface area (Å²) in [5.41, 5.74) is 1.72. The normalized spacial score (nSPS) is 18.7. The Kier molecular flexibility index (Phi) is 3.60. The Balaban J connectivity index is 2.12. The van der Waals surface area contributed by atoms with Crippen LogP contribution in [0.2, 0.25) is 0 Å². The van der Waals surface area contributed by atoms with E-state index in [9.17, 15) is 5.11 Å². The first-order chi connectivity index (χ1) is 7.57. The fourth-order valence-corrected chi connectivity index (χ4v) is 3.30. The molecule has 2 rings (SSSR count). The Hall–Kier alpha value is -0.470. The highest BCUT2D eigenvalue weighted by atomic mass is 32.2. The second-order valence-corrected chi connectivity index (χ2v) is 6.29. The molecule has 0 atom stereocenters. The topological polar surface area (TPSA) is 20.2 Å². The summed E-state index contributed by atoms with van der Waals surface area (Å²) < 4.78 is 0. The minimum atomic E-state index is -0.721. The molecular formula is C14H20OS. The van der Waals surface area contributed by atoms with Gasteiger partial charge in [-0.2, -0.15) is 11.8 Å². The van der Waals surface area contributed by atoms with Crippen molar-refractivity contribution in [3.63, 3.8) is 0 Å². The zero-order valence-corrected chi connectivity index (χ0v) is 10.9. The van der Waals surface area contributed by atoms with Gasteiger partial charge in [0.2, 0.25) is 0 Å². The highest BCUT2D eigenvalue weighted by Crippen LogP contribution is 2.32. The Bertz CT molecular complexity index is 331. The summed E-state index contributed by atoms with van der Waals surface area (Å²) >= 11 is 2.06. The molecule has 1 heterocycles. The molecule has 0 radical (unpaired) electrons. The minimum absolute atomic E-state index is 0.721. The maximum absolute atomic E-state index is 9.89. The molecule has 1 aliphatic heterocycles. The van der Waals surface area contributed by atoms with E-state index in [-0.39, 0.29) is 0 Å². The lowest BCUT2D eigenvalue weighted by Gasteiger charge is -2.23. The van der Waals surface area contributed by atoms with Crippen LogP contribution >= 0.6 is 11.8 Å². The predicted octanol–water partition coefficient (Wildman–Crippen LogP) is 3.52. The zero-order chi connectivity index (χ0) is 11.6. The molecule has 16 heavy (non-hydrogen) atoms. The molecule has 88 valence electrons. The SMILES string of the molecule is CC(C)(O)c1ccc(C2CCSCC2)cc1. The van der Waals surface area contributed by atoms with Crippen LogP contribution < -0.4 is 0 Å². The molecule has 1 aromatic carbocycles. The molecule has 0 unspecified atom stereocenters. The number of benzene rings is 1. The lowest BCUT2D eigenvalue weighted by molar-refractivity contribution is 0.0786. The molecule has 1 aromatic rings. The van der Waals surface area contributed by atoms with Gasteiger partial charge >= 0.3 is 0 Å². The number of hydrogen-bond acceptors (Lipinski definition) is 2. The molecule has 0 aliphatic carbocycles. The molecule has 1 saturated heterocycles. The van der Waals surface area contributed by atoms with E-state index in [4.69, 9.17) is 0 Å².